The molecule has 2 rings (SSSR count). The van der Waals surface area contributed by atoms with Crippen LogP contribution in [0.4, 0.5) is 0 Å². The first kappa shape index (κ1) is 20.8. The Bertz CT molecular complexity index is 849. The van der Waals surface area contributed by atoms with Crippen molar-refractivity contribution < 1.29 is 9.59 Å². The lowest BCUT2D eigenvalue weighted by Gasteiger charge is -2.18. The maximum atomic E-state index is 12.6. The van der Waals surface area contributed by atoms with Crippen molar-refractivity contribution in [3.8, 4) is 0 Å². The van der Waals surface area contributed by atoms with E-state index in [4.69, 9.17) is 0 Å². The topological polar surface area (TPSA) is 91.1 Å². The molecule has 0 bridgehead atoms. The predicted octanol–water partition coefficient (Wildman–Crippen LogP) is 2.16. The molecule has 2 amide bonds. The van der Waals surface area contributed by atoms with Crippen LogP contribution < -0.4 is 16.2 Å². The van der Waals surface area contributed by atoms with Gasteiger partial charge in [0.25, 0.3) is 11.5 Å². The number of amides is 2. The first-order valence-electron chi connectivity index (χ1n) is 8.74. The van der Waals surface area contributed by atoms with Gasteiger partial charge in [0.05, 0.1) is 0 Å². The maximum Gasteiger partial charge on any atom is 0.253 e. The smallest absolute Gasteiger partial charge is 0.253 e. The number of aryl methyl sites for hydroxylation is 2. The SMILES string of the molecule is CSCC[C@@H](NC(=O)c1ccccc1)C(=O)NCc1c(C)cc(C)[nH]c1=O. The Kier molecular flexibility index (Phi) is 7.67. The summed E-state index contributed by atoms with van der Waals surface area (Å²) in [7, 11) is 0. The number of pyridine rings is 1. The Labute approximate surface area is 163 Å². The third-order valence-corrected chi connectivity index (χ3v) is 4.85. The Morgan fingerprint density at radius 3 is 2.52 bits per heavy atom. The van der Waals surface area contributed by atoms with E-state index in [1.165, 1.54) is 0 Å². The van der Waals surface area contributed by atoms with Crippen LogP contribution in [0.1, 0.15) is 33.6 Å². The standard InChI is InChI=1S/C20H25N3O3S/c1-13-11-14(2)22-19(25)16(13)12-21-20(26)17(9-10-27-3)23-18(24)15-7-5-4-6-8-15/h4-8,11,17H,9-10,12H2,1-3H3,(H,21,26)(H,22,25)(H,23,24)/t17-/m1/s1. The van der Waals surface area contributed by atoms with Crippen LogP contribution >= 0.6 is 11.8 Å². The number of carbonyl (C=O) groups is 2. The molecule has 0 saturated carbocycles. The van der Waals surface area contributed by atoms with Gasteiger partial charge in [-0.25, -0.2) is 0 Å². The molecule has 2 aromatic rings. The van der Waals surface area contributed by atoms with Crippen LogP contribution in [-0.4, -0.2) is 34.8 Å². The Hall–Kier alpha value is -2.54. The lowest BCUT2D eigenvalue weighted by molar-refractivity contribution is -0.123. The minimum Gasteiger partial charge on any atom is -0.350 e. The van der Waals surface area contributed by atoms with Crippen molar-refractivity contribution in [2.45, 2.75) is 32.9 Å². The minimum absolute atomic E-state index is 0.122. The van der Waals surface area contributed by atoms with E-state index in [9.17, 15) is 14.4 Å². The van der Waals surface area contributed by atoms with Crippen LogP contribution in [0.25, 0.3) is 0 Å². The zero-order chi connectivity index (χ0) is 19.8. The van der Waals surface area contributed by atoms with Crippen molar-refractivity contribution in [3.05, 3.63) is 69.1 Å². The van der Waals surface area contributed by atoms with Crippen molar-refractivity contribution in [1.29, 1.82) is 0 Å². The monoisotopic (exact) mass is 387 g/mol. The van der Waals surface area contributed by atoms with Gasteiger partial charge in [-0.3, -0.25) is 14.4 Å². The summed E-state index contributed by atoms with van der Waals surface area (Å²) in [5.41, 5.74) is 2.42. The summed E-state index contributed by atoms with van der Waals surface area (Å²) in [4.78, 5) is 39.9. The Morgan fingerprint density at radius 2 is 1.89 bits per heavy atom. The summed E-state index contributed by atoms with van der Waals surface area (Å²) in [5, 5.41) is 5.58. The highest BCUT2D eigenvalue weighted by Gasteiger charge is 2.21. The fraction of sp³-hybridized carbons (Fsp3) is 0.350. The number of aromatic amines is 1. The number of thioether (sulfide) groups is 1. The molecule has 27 heavy (non-hydrogen) atoms. The Balaban J connectivity index is 2.06. The molecule has 0 saturated heterocycles. The molecule has 6 nitrogen and oxygen atoms in total. The van der Waals surface area contributed by atoms with Crippen molar-refractivity contribution in [1.82, 2.24) is 15.6 Å². The molecule has 0 unspecified atom stereocenters. The first-order valence-corrected chi connectivity index (χ1v) is 10.1. The second-order valence-corrected chi connectivity index (χ2v) is 7.32. The lowest BCUT2D eigenvalue weighted by Crippen LogP contribution is -2.47. The van der Waals surface area contributed by atoms with Crippen molar-refractivity contribution in [2.24, 2.45) is 0 Å². The van der Waals surface area contributed by atoms with Gasteiger partial charge in [0.2, 0.25) is 5.91 Å². The van der Waals surface area contributed by atoms with Gasteiger partial charge in [-0.1, -0.05) is 18.2 Å². The molecule has 1 aromatic carbocycles. The molecule has 7 heteroatoms. The molecule has 0 spiro atoms. The molecule has 1 heterocycles. The van der Waals surface area contributed by atoms with Gasteiger partial charge in [0.1, 0.15) is 6.04 Å². The summed E-state index contributed by atoms with van der Waals surface area (Å²) in [6.45, 7) is 3.78. The molecular weight excluding hydrogens is 362 g/mol. The molecule has 144 valence electrons. The average Bonchev–Trinajstić information content (AvgIpc) is 2.64. The van der Waals surface area contributed by atoms with E-state index in [1.807, 2.05) is 32.2 Å². The van der Waals surface area contributed by atoms with Gasteiger partial charge < -0.3 is 15.6 Å². The number of aromatic nitrogens is 1. The van der Waals surface area contributed by atoms with Crippen LogP contribution in [0.2, 0.25) is 0 Å². The molecule has 0 aliphatic heterocycles. The highest BCUT2D eigenvalue weighted by Crippen LogP contribution is 2.06. The number of benzene rings is 1. The van der Waals surface area contributed by atoms with Crippen LogP contribution in [0.5, 0.6) is 0 Å². The van der Waals surface area contributed by atoms with E-state index in [-0.39, 0.29) is 23.9 Å². The van der Waals surface area contributed by atoms with Crippen LogP contribution in [0.15, 0.2) is 41.2 Å². The largest absolute Gasteiger partial charge is 0.350 e. The van der Waals surface area contributed by atoms with Crippen molar-refractivity contribution in [2.75, 3.05) is 12.0 Å². The third kappa shape index (κ3) is 5.99. The second-order valence-electron chi connectivity index (χ2n) is 6.33. The number of rotatable bonds is 8. The minimum atomic E-state index is -0.657. The molecule has 0 radical (unpaired) electrons. The molecule has 0 fully saturated rings. The summed E-state index contributed by atoms with van der Waals surface area (Å²) >= 11 is 1.60. The van der Waals surface area contributed by atoms with Gasteiger partial charge in [-0.15, -0.1) is 0 Å². The summed E-state index contributed by atoms with van der Waals surface area (Å²) in [5.74, 6) is 0.144. The molecular formula is C20H25N3O3S. The van der Waals surface area contributed by atoms with E-state index in [2.05, 4.69) is 15.6 Å². The third-order valence-electron chi connectivity index (χ3n) is 4.20. The maximum absolute atomic E-state index is 12.6. The van der Waals surface area contributed by atoms with Crippen LogP contribution in [0.3, 0.4) is 0 Å². The fourth-order valence-electron chi connectivity index (χ4n) is 2.74. The van der Waals surface area contributed by atoms with Gasteiger partial charge in [0.15, 0.2) is 0 Å². The quantitative estimate of drug-likeness (QED) is 0.647. The van der Waals surface area contributed by atoms with Gasteiger partial charge in [-0.2, -0.15) is 11.8 Å². The van der Waals surface area contributed by atoms with E-state index in [1.54, 1.807) is 36.0 Å². The molecule has 0 aliphatic carbocycles. The van der Waals surface area contributed by atoms with Gasteiger partial charge >= 0.3 is 0 Å². The lowest BCUT2D eigenvalue weighted by atomic mass is 10.1. The van der Waals surface area contributed by atoms with E-state index in [0.29, 0.717) is 17.5 Å². The second kappa shape index (κ2) is 9.97. The fourth-order valence-corrected chi connectivity index (χ4v) is 3.21. The molecule has 1 aromatic heterocycles. The van der Waals surface area contributed by atoms with Crippen molar-refractivity contribution >= 4 is 23.6 Å². The van der Waals surface area contributed by atoms with Gasteiger partial charge in [0, 0.05) is 23.4 Å². The first-order chi connectivity index (χ1) is 12.9. The summed E-state index contributed by atoms with van der Waals surface area (Å²) in [6, 6.07) is 10.00. The number of hydrogen-bond acceptors (Lipinski definition) is 4. The zero-order valence-electron chi connectivity index (χ0n) is 15.8. The average molecular weight is 388 g/mol. The zero-order valence-corrected chi connectivity index (χ0v) is 16.6. The summed E-state index contributed by atoms with van der Waals surface area (Å²) in [6.07, 6.45) is 2.46. The summed E-state index contributed by atoms with van der Waals surface area (Å²) < 4.78 is 0. The Morgan fingerprint density at radius 1 is 1.19 bits per heavy atom. The number of carbonyl (C=O) groups excluding carboxylic acids is 2. The highest BCUT2D eigenvalue weighted by atomic mass is 32.2. The molecule has 0 aliphatic rings. The van der Waals surface area contributed by atoms with E-state index >= 15 is 0 Å². The molecule has 3 N–H and O–H groups in total. The van der Waals surface area contributed by atoms with E-state index < -0.39 is 6.04 Å². The van der Waals surface area contributed by atoms with Crippen LogP contribution in [-0.2, 0) is 11.3 Å². The van der Waals surface area contributed by atoms with Gasteiger partial charge in [-0.05, 0) is 56.0 Å². The predicted molar refractivity (Wildman–Crippen MR) is 109 cm³/mol. The van der Waals surface area contributed by atoms with Crippen molar-refractivity contribution in [3.63, 3.8) is 0 Å². The normalized spacial score (nSPS) is 11.7. The molecule has 1 atom stereocenters. The van der Waals surface area contributed by atoms with E-state index in [0.717, 1.165) is 17.0 Å². The number of H-pyrrole nitrogens is 1. The van der Waals surface area contributed by atoms with Crippen LogP contribution in [0, 0.1) is 13.8 Å². The number of hydrogen-bond donors (Lipinski definition) is 3. The number of nitrogens with one attached hydrogen (secondary N) is 3. The highest BCUT2D eigenvalue weighted by molar-refractivity contribution is 7.98.